The summed E-state index contributed by atoms with van der Waals surface area (Å²) in [5, 5.41) is 8.48. The minimum Gasteiger partial charge on any atom is -0.478 e. The highest BCUT2D eigenvalue weighted by Crippen LogP contribution is 2.18. The normalized spacial score (nSPS) is 12.6. The molecule has 6 nitrogen and oxygen atoms in total. The highest BCUT2D eigenvalue weighted by atomic mass is 32.2. The summed E-state index contributed by atoms with van der Waals surface area (Å²) in [7, 11) is -3.91. The third kappa shape index (κ3) is 6.37. The molecule has 21 heavy (non-hydrogen) atoms. The molecule has 0 atom stereocenters. The largest absolute Gasteiger partial charge is 0.478 e. The number of carboxylic acid groups (broad SMARTS) is 1. The zero-order valence-corrected chi connectivity index (χ0v) is 12.7. The van der Waals surface area contributed by atoms with E-state index in [1.807, 2.05) is 0 Å². The fraction of sp³-hybridized carbons (Fsp3) is 0.308. The Balaban J connectivity index is 2.94. The highest BCUT2D eigenvalue weighted by Gasteiger charge is 2.20. The molecule has 0 saturated heterocycles. The fourth-order valence-corrected chi connectivity index (χ4v) is 2.77. The number of aliphatic carboxylic acids is 1. The Labute approximate surface area is 122 Å². The first-order valence-corrected chi connectivity index (χ1v) is 7.49. The molecule has 0 aliphatic heterocycles. The molecular weight excluding hydrogens is 299 g/mol. The van der Waals surface area contributed by atoms with Crippen LogP contribution in [-0.2, 0) is 15.0 Å². The number of nitrogens with one attached hydrogen (secondary N) is 2. The molecule has 0 saturated carbocycles. The summed E-state index contributed by atoms with van der Waals surface area (Å²) in [6.07, 6.45) is 2.07. The first-order chi connectivity index (χ1) is 9.48. The van der Waals surface area contributed by atoms with E-state index in [-0.39, 0.29) is 5.69 Å². The lowest BCUT2D eigenvalue weighted by atomic mass is 10.1. The topological polar surface area (TPSA) is 95.5 Å². The van der Waals surface area contributed by atoms with Crippen LogP contribution in [0.5, 0.6) is 0 Å². The number of halogens is 1. The number of carbonyl (C=O) groups is 1. The zero-order chi connectivity index (χ0) is 16.3. The van der Waals surface area contributed by atoms with Crippen LogP contribution in [0.1, 0.15) is 26.3 Å². The van der Waals surface area contributed by atoms with Gasteiger partial charge >= 0.3 is 5.97 Å². The quantitative estimate of drug-likeness (QED) is 0.724. The fourth-order valence-electron chi connectivity index (χ4n) is 1.46. The number of hydrogen-bond acceptors (Lipinski definition) is 3. The van der Waals surface area contributed by atoms with E-state index in [2.05, 4.69) is 9.44 Å². The number of carboxylic acids is 1. The third-order valence-electron chi connectivity index (χ3n) is 2.10. The van der Waals surface area contributed by atoms with Crippen LogP contribution in [0.2, 0.25) is 0 Å². The van der Waals surface area contributed by atoms with E-state index >= 15 is 0 Å². The van der Waals surface area contributed by atoms with Crippen molar-refractivity contribution in [3.05, 3.63) is 35.7 Å². The van der Waals surface area contributed by atoms with E-state index in [1.54, 1.807) is 20.8 Å². The molecule has 0 aliphatic carbocycles. The van der Waals surface area contributed by atoms with Gasteiger partial charge in [0.15, 0.2) is 0 Å². The molecule has 1 aromatic carbocycles. The van der Waals surface area contributed by atoms with E-state index in [4.69, 9.17) is 5.11 Å². The molecule has 116 valence electrons. The summed E-state index contributed by atoms with van der Waals surface area (Å²) in [4.78, 5) is 10.4. The average molecular weight is 316 g/mol. The maximum Gasteiger partial charge on any atom is 0.328 e. The number of anilines is 1. The Bertz CT molecular complexity index is 663. The van der Waals surface area contributed by atoms with Crippen molar-refractivity contribution in [1.82, 2.24) is 4.72 Å². The van der Waals surface area contributed by atoms with Crippen LogP contribution in [-0.4, -0.2) is 25.0 Å². The van der Waals surface area contributed by atoms with Crippen molar-refractivity contribution in [2.75, 3.05) is 4.72 Å². The van der Waals surface area contributed by atoms with Crippen LogP contribution in [0, 0.1) is 5.82 Å². The van der Waals surface area contributed by atoms with Gasteiger partial charge in [0.25, 0.3) is 10.2 Å². The van der Waals surface area contributed by atoms with Crippen molar-refractivity contribution in [3.8, 4) is 0 Å². The van der Waals surface area contributed by atoms with Gasteiger partial charge in [-0.15, -0.1) is 0 Å². The average Bonchev–Trinajstić information content (AvgIpc) is 2.26. The van der Waals surface area contributed by atoms with Gasteiger partial charge in [-0.25, -0.2) is 9.18 Å². The van der Waals surface area contributed by atoms with Gasteiger partial charge in [0, 0.05) is 11.6 Å². The second-order valence-corrected chi connectivity index (χ2v) is 6.78. The predicted molar refractivity (Wildman–Crippen MR) is 78.5 cm³/mol. The monoisotopic (exact) mass is 316 g/mol. The third-order valence-corrected chi connectivity index (χ3v) is 3.47. The Morgan fingerprint density at radius 2 is 1.95 bits per heavy atom. The van der Waals surface area contributed by atoms with Crippen LogP contribution in [0.3, 0.4) is 0 Å². The first kappa shape index (κ1) is 17.1. The van der Waals surface area contributed by atoms with Crippen molar-refractivity contribution in [1.29, 1.82) is 0 Å². The summed E-state index contributed by atoms with van der Waals surface area (Å²) < 4.78 is 41.8. The molecule has 0 heterocycles. The van der Waals surface area contributed by atoms with Crippen molar-refractivity contribution in [2.24, 2.45) is 0 Å². The minimum absolute atomic E-state index is 0.223. The second kappa shape index (κ2) is 6.23. The summed E-state index contributed by atoms with van der Waals surface area (Å²) in [5.41, 5.74) is -0.618. The molecular formula is C13H17FN2O4S. The summed E-state index contributed by atoms with van der Waals surface area (Å²) in [5.74, 6) is -1.96. The van der Waals surface area contributed by atoms with E-state index in [0.29, 0.717) is 5.56 Å². The summed E-state index contributed by atoms with van der Waals surface area (Å²) in [6, 6.07) is 3.66. The summed E-state index contributed by atoms with van der Waals surface area (Å²) in [6.45, 7) is 4.97. The Morgan fingerprint density at radius 1 is 1.33 bits per heavy atom. The van der Waals surface area contributed by atoms with E-state index in [0.717, 1.165) is 12.1 Å². The Hall–Kier alpha value is -1.93. The maximum absolute atomic E-state index is 13.8. The van der Waals surface area contributed by atoms with Crippen LogP contribution in [0.15, 0.2) is 24.3 Å². The smallest absolute Gasteiger partial charge is 0.328 e. The minimum atomic E-state index is -3.91. The molecule has 0 aliphatic rings. The lowest BCUT2D eigenvalue weighted by molar-refractivity contribution is -0.131. The SMILES string of the molecule is CC(C)(C)NS(=O)(=O)Nc1ccc(/C=C/C(=O)O)cc1F. The van der Waals surface area contributed by atoms with Crippen LogP contribution in [0.25, 0.3) is 6.08 Å². The molecule has 0 aromatic heterocycles. The van der Waals surface area contributed by atoms with E-state index in [1.165, 1.54) is 18.2 Å². The van der Waals surface area contributed by atoms with Crippen LogP contribution in [0.4, 0.5) is 10.1 Å². The molecule has 0 amide bonds. The van der Waals surface area contributed by atoms with Gasteiger partial charge < -0.3 is 5.11 Å². The predicted octanol–water partition coefficient (Wildman–Crippen LogP) is 1.97. The highest BCUT2D eigenvalue weighted by molar-refractivity contribution is 7.90. The molecule has 0 fully saturated rings. The van der Waals surface area contributed by atoms with Gasteiger partial charge in [0.05, 0.1) is 5.69 Å². The molecule has 0 unspecified atom stereocenters. The van der Waals surface area contributed by atoms with Crippen molar-refractivity contribution in [2.45, 2.75) is 26.3 Å². The molecule has 3 N–H and O–H groups in total. The molecule has 0 spiro atoms. The van der Waals surface area contributed by atoms with E-state index in [9.17, 15) is 17.6 Å². The summed E-state index contributed by atoms with van der Waals surface area (Å²) >= 11 is 0. The van der Waals surface area contributed by atoms with Crippen molar-refractivity contribution >= 4 is 27.9 Å². The van der Waals surface area contributed by atoms with Gasteiger partial charge in [-0.3, -0.25) is 4.72 Å². The number of hydrogen-bond donors (Lipinski definition) is 3. The zero-order valence-electron chi connectivity index (χ0n) is 11.8. The Morgan fingerprint density at radius 3 is 2.43 bits per heavy atom. The van der Waals surface area contributed by atoms with E-state index < -0.39 is 27.5 Å². The van der Waals surface area contributed by atoms with Crippen molar-refractivity contribution in [3.63, 3.8) is 0 Å². The van der Waals surface area contributed by atoms with Crippen LogP contribution < -0.4 is 9.44 Å². The van der Waals surface area contributed by atoms with Crippen molar-refractivity contribution < 1.29 is 22.7 Å². The van der Waals surface area contributed by atoms with Gasteiger partial charge in [0.1, 0.15) is 5.82 Å². The molecule has 0 bridgehead atoms. The van der Waals surface area contributed by atoms with Gasteiger partial charge in [-0.1, -0.05) is 6.07 Å². The molecule has 1 rings (SSSR count). The lowest BCUT2D eigenvalue weighted by Crippen LogP contribution is -2.43. The van der Waals surface area contributed by atoms with Gasteiger partial charge in [-0.2, -0.15) is 13.1 Å². The second-order valence-electron chi connectivity index (χ2n) is 5.37. The molecule has 0 radical (unpaired) electrons. The first-order valence-electron chi connectivity index (χ1n) is 6.01. The van der Waals surface area contributed by atoms with Gasteiger partial charge in [0.2, 0.25) is 0 Å². The standard InChI is InChI=1S/C13H17FN2O4S/c1-13(2,3)16-21(19,20)15-11-6-4-9(8-10(11)14)5-7-12(17)18/h4-8,15-16H,1-3H3,(H,17,18)/b7-5+. The lowest BCUT2D eigenvalue weighted by Gasteiger charge is -2.21. The number of benzene rings is 1. The van der Waals surface area contributed by atoms with Gasteiger partial charge in [-0.05, 0) is 44.5 Å². The van der Waals surface area contributed by atoms with Crippen LogP contribution >= 0.6 is 0 Å². The maximum atomic E-state index is 13.8. The Kier molecular flexibility index (Phi) is 5.08. The molecule has 8 heteroatoms. The molecule has 1 aromatic rings. The number of rotatable bonds is 5.